The van der Waals surface area contributed by atoms with Gasteiger partial charge in [-0.05, 0) is 40.2 Å². The monoisotopic (exact) mass is 344 g/mol. The van der Waals surface area contributed by atoms with Crippen molar-refractivity contribution in [1.29, 1.82) is 0 Å². The second-order valence-electron chi connectivity index (χ2n) is 3.92. The van der Waals surface area contributed by atoms with Gasteiger partial charge in [-0.15, -0.1) is 0 Å². The number of hydrogen-bond donors (Lipinski definition) is 0. The first-order valence-electron chi connectivity index (χ1n) is 5.47. The topological polar surface area (TPSA) is 26.3 Å². The molecule has 0 atom stereocenters. The number of carbonyl (C=O) groups excluding carboxylic acids is 1. The molecule has 2 rings (SSSR count). The third-order valence-corrected chi connectivity index (χ3v) is 3.29. The first kappa shape index (κ1) is 14.6. The summed E-state index contributed by atoms with van der Waals surface area (Å²) in [7, 11) is 1.45. The van der Waals surface area contributed by atoms with Gasteiger partial charge in [0.1, 0.15) is 11.6 Å². The highest BCUT2D eigenvalue weighted by atomic mass is 79.9. The lowest BCUT2D eigenvalue weighted by atomic mass is 10.0. The SMILES string of the molecule is COc1ccc(C(=O)c2cc(F)c(F)cc2F)cc1Br. The molecule has 0 radical (unpaired) electrons. The van der Waals surface area contributed by atoms with Gasteiger partial charge < -0.3 is 4.74 Å². The molecule has 0 saturated carbocycles. The molecule has 0 bridgehead atoms. The standard InChI is InChI=1S/C14H8BrF3O2/c1-20-13-3-2-7(4-9(13)15)14(19)8-5-11(17)12(18)6-10(8)16/h2-6H,1H3. The van der Waals surface area contributed by atoms with E-state index in [1.165, 1.54) is 25.3 Å². The predicted octanol–water partition coefficient (Wildman–Crippen LogP) is 4.11. The number of ketones is 1. The first-order chi connectivity index (χ1) is 9.43. The number of carbonyl (C=O) groups is 1. The second-order valence-corrected chi connectivity index (χ2v) is 4.78. The number of benzene rings is 2. The second kappa shape index (κ2) is 5.66. The van der Waals surface area contributed by atoms with Crippen molar-refractivity contribution < 1.29 is 22.7 Å². The summed E-state index contributed by atoms with van der Waals surface area (Å²) in [6, 6.07) is 5.23. The van der Waals surface area contributed by atoms with Crippen molar-refractivity contribution in [2.75, 3.05) is 7.11 Å². The molecule has 0 aromatic heterocycles. The molecule has 2 aromatic rings. The summed E-state index contributed by atoms with van der Waals surface area (Å²) in [6.07, 6.45) is 0. The minimum atomic E-state index is -1.34. The Labute approximate surface area is 121 Å². The smallest absolute Gasteiger partial charge is 0.196 e. The lowest BCUT2D eigenvalue weighted by Crippen LogP contribution is -2.06. The summed E-state index contributed by atoms with van der Waals surface area (Å²) in [5, 5.41) is 0. The van der Waals surface area contributed by atoms with Crippen LogP contribution in [0.2, 0.25) is 0 Å². The van der Waals surface area contributed by atoms with E-state index >= 15 is 0 Å². The summed E-state index contributed by atoms with van der Waals surface area (Å²) in [5.41, 5.74) is -0.399. The van der Waals surface area contributed by atoms with Crippen molar-refractivity contribution in [2.45, 2.75) is 0 Å². The average Bonchev–Trinajstić information content (AvgIpc) is 2.42. The van der Waals surface area contributed by atoms with Crippen LogP contribution in [0.5, 0.6) is 5.75 Å². The normalized spacial score (nSPS) is 10.4. The van der Waals surface area contributed by atoms with E-state index in [0.29, 0.717) is 22.4 Å². The van der Waals surface area contributed by atoms with Crippen molar-refractivity contribution in [3.63, 3.8) is 0 Å². The Morgan fingerprint density at radius 1 is 1.05 bits per heavy atom. The molecule has 0 aliphatic heterocycles. The van der Waals surface area contributed by atoms with Gasteiger partial charge in [0.2, 0.25) is 0 Å². The highest BCUT2D eigenvalue weighted by Gasteiger charge is 2.18. The number of hydrogen-bond acceptors (Lipinski definition) is 2. The fraction of sp³-hybridized carbons (Fsp3) is 0.0714. The van der Waals surface area contributed by atoms with Gasteiger partial charge in [0.15, 0.2) is 17.4 Å². The molecule has 0 amide bonds. The molecule has 0 spiro atoms. The molecule has 0 heterocycles. The third-order valence-electron chi connectivity index (χ3n) is 2.67. The Balaban J connectivity index is 2.46. The highest BCUT2D eigenvalue weighted by Crippen LogP contribution is 2.27. The van der Waals surface area contributed by atoms with Crippen LogP contribution >= 0.6 is 15.9 Å². The molecule has 0 N–H and O–H groups in total. The Morgan fingerprint density at radius 2 is 1.70 bits per heavy atom. The molecule has 0 aliphatic carbocycles. The molecule has 2 nitrogen and oxygen atoms in total. The average molecular weight is 345 g/mol. The van der Waals surface area contributed by atoms with Crippen LogP contribution in [0, 0.1) is 17.5 Å². The van der Waals surface area contributed by atoms with E-state index in [1.54, 1.807) is 0 Å². The van der Waals surface area contributed by atoms with Crippen LogP contribution in [0.15, 0.2) is 34.8 Å². The minimum Gasteiger partial charge on any atom is -0.496 e. The quantitative estimate of drug-likeness (QED) is 0.618. The van der Waals surface area contributed by atoms with Crippen LogP contribution < -0.4 is 4.74 Å². The number of ether oxygens (including phenoxy) is 1. The van der Waals surface area contributed by atoms with Gasteiger partial charge in [-0.1, -0.05) is 0 Å². The molecule has 6 heteroatoms. The van der Waals surface area contributed by atoms with E-state index in [1.807, 2.05) is 0 Å². The zero-order chi connectivity index (χ0) is 14.9. The molecule has 0 aliphatic rings. The lowest BCUT2D eigenvalue weighted by molar-refractivity contribution is 0.103. The summed E-state index contributed by atoms with van der Waals surface area (Å²) in [6.45, 7) is 0. The van der Waals surface area contributed by atoms with E-state index in [9.17, 15) is 18.0 Å². The molecular formula is C14H8BrF3O2. The molecule has 2 aromatic carbocycles. The lowest BCUT2D eigenvalue weighted by Gasteiger charge is -2.07. The zero-order valence-electron chi connectivity index (χ0n) is 10.2. The highest BCUT2D eigenvalue weighted by molar-refractivity contribution is 9.10. The maximum absolute atomic E-state index is 13.5. The van der Waals surface area contributed by atoms with Crippen molar-refractivity contribution in [2.24, 2.45) is 0 Å². The zero-order valence-corrected chi connectivity index (χ0v) is 11.8. The Morgan fingerprint density at radius 3 is 2.30 bits per heavy atom. The van der Waals surface area contributed by atoms with E-state index in [-0.39, 0.29) is 5.56 Å². The fourth-order valence-electron chi connectivity index (χ4n) is 1.66. The van der Waals surface area contributed by atoms with Gasteiger partial charge >= 0.3 is 0 Å². The van der Waals surface area contributed by atoms with Crippen LogP contribution in [-0.4, -0.2) is 12.9 Å². The van der Waals surface area contributed by atoms with Gasteiger partial charge in [0, 0.05) is 11.6 Å². The van der Waals surface area contributed by atoms with Crippen LogP contribution in [0.25, 0.3) is 0 Å². The van der Waals surface area contributed by atoms with Gasteiger partial charge in [0.05, 0.1) is 17.1 Å². The van der Waals surface area contributed by atoms with Crippen LogP contribution in [0.4, 0.5) is 13.2 Å². The van der Waals surface area contributed by atoms with Crippen molar-refractivity contribution in [3.8, 4) is 5.75 Å². The van der Waals surface area contributed by atoms with Crippen LogP contribution in [0.1, 0.15) is 15.9 Å². The number of halogens is 4. The maximum atomic E-state index is 13.5. The Bertz CT molecular complexity index is 686. The third kappa shape index (κ3) is 2.70. The minimum absolute atomic E-state index is 0.127. The molecule has 0 fully saturated rings. The van der Waals surface area contributed by atoms with Gasteiger partial charge in [-0.2, -0.15) is 0 Å². The Kier molecular flexibility index (Phi) is 4.13. The van der Waals surface area contributed by atoms with Crippen LogP contribution in [-0.2, 0) is 0 Å². The van der Waals surface area contributed by atoms with Crippen molar-refractivity contribution in [3.05, 3.63) is 63.4 Å². The number of methoxy groups -OCH3 is 1. The van der Waals surface area contributed by atoms with Gasteiger partial charge in [0.25, 0.3) is 0 Å². The summed E-state index contributed by atoms with van der Waals surface area (Å²) in [5.74, 6) is -3.98. The molecular weight excluding hydrogens is 337 g/mol. The summed E-state index contributed by atoms with van der Waals surface area (Å²) >= 11 is 3.19. The van der Waals surface area contributed by atoms with E-state index in [4.69, 9.17) is 4.74 Å². The fourth-order valence-corrected chi connectivity index (χ4v) is 2.20. The summed E-state index contributed by atoms with van der Waals surface area (Å²) < 4.78 is 45.0. The van der Waals surface area contributed by atoms with Gasteiger partial charge in [-0.3, -0.25) is 4.79 Å². The summed E-state index contributed by atoms with van der Waals surface area (Å²) in [4.78, 5) is 12.1. The Hall–Kier alpha value is -1.82. The van der Waals surface area contributed by atoms with Gasteiger partial charge in [-0.25, -0.2) is 13.2 Å². The molecule has 20 heavy (non-hydrogen) atoms. The van der Waals surface area contributed by atoms with E-state index < -0.39 is 28.8 Å². The first-order valence-corrected chi connectivity index (χ1v) is 6.26. The molecule has 0 unspecified atom stereocenters. The van der Waals surface area contributed by atoms with Crippen LogP contribution in [0.3, 0.4) is 0 Å². The van der Waals surface area contributed by atoms with Crippen molar-refractivity contribution in [1.82, 2.24) is 0 Å². The maximum Gasteiger partial charge on any atom is 0.196 e. The van der Waals surface area contributed by atoms with E-state index in [2.05, 4.69) is 15.9 Å². The molecule has 104 valence electrons. The van der Waals surface area contributed by atoms with E-state index in [0.717, 1.165) is 0 Å². The molecule has 0 saturated heterocycles. The predicted molar refractivity (Wildman–Crippen MR) is 70.4 cm³/mol. The van der Waals surface area contributed by atoms with Crippen molar-refractivity contribution >= 4 is 21.7 Å². The largest absolute Gasteiger partial charge is 0.496 e. The number of rotatable bonds is 3.